The van der Waals surface area contributed by atoms with Crippen molar-refractivity contribution in [1.82, 2.24) is 15.1 Å². The van der Waals surface area contributed by atoms with E-state index in [0.717, 1.165) is 18.5 Å². The lowest BCUT2D eigenvalue weighted by Gasteiger charge is -2.23. The summed E-state index contributed by atoms with van der Waals surface area (Å²) in [6.07, 6.45) is 6.32. The van der Waals surface area contributed by atoms with E-state index in [2.05, 4.69) is 5.32 Å². The third-order valence-electron chi connectivity index (χ3n) is 5.74. The van der Waals surface area contributed by atoms with Gasteiger partial charge in [0.15, 0.2) is 0 Å². The predicted octanol–water partition coefficient (Wildman–Crippen LogP) is 2.11. The number of hydrogen-bond acceptors (Lipinski definition) is 3. The fraction of sp³-hybridized carbons (Fsp3) is 0.571. The lowest BCUT2D eigenvalue weighted by molar-refractivity contribution is -0.132. The van der Waals surface area contributed by atoms with Gasteiger partial charge in [0.25, 0.3) is 5.91 Å². The highest BCUT2D eigenvalue weighted by atomic mass is 16.2. The molecule has 7 heteroatoms. The van der Waals surface area contributed by atoms with Crippen LogP contribution in [0.5, 0.6) is 0 Å². The number of benzene rings is 1. The third kappa shape index (κ3) is 5.47. The number of urea groups is 1. The van der Waals surface area contributed by atoms with Gasteiger partial charge in [0.05, 0.1) is 0 Å². The smallest absolute Gasteiger partial charge is 0.312 e. The summed E-state index contributed by atoms with van der Waals surface area (Å²) < 4.78 is 0. The third-order valence-corrected chi connectivity index (χ3v) is 5.74. The topological polar surface area (TPSA) is 95.7 Å². The molecule has 28 heavy (non-hydrogen) atoms. The first kappa shape index (κ1) is 20.2. The van der Waals surface area contributed by atoms with E-state index in [9.17, 15) is 14.4 Å². The van der Waals surface area contributed by atoms with Crippen molar-refractivity contribution in [1.29, 1.82) is 0 Å². The van der Waals surface area contributed by atoms with Gasteiger partial charge in [0.2, 0.25) is 5.91 Å². The maximum Gasteiger partial charge on any atom is 0.312 e. The number of nitrogens with one attached hydrogen (secondary N) is 1. The lowest BCUT2D eigenvalue weighted by atomic mass is 10.0. The highest BCUT2D eigenvalue weighted by Gasteiger charge is 2.25. The summed E-state index contributed by atoms with van der Waals surface area (Å²) in [5.41, 5.74) is 6.57. The minimum absolute atomic E-state index is 0.0143. The molecule has 2 fully saturated rings. The first-order chi connectivity index (χ1) is 13.5. The number of amides is 4. The minimum atomic E-state index is -0.572. The molecule has 0 radical (unpaired) electrons. The molecule has 0 aromatic heterocycles. The number of nitrogens with two attached hydrogens (primary N) is 1. The van der Waals surface area contributed by atoms with E-state index >= 15 is 0 Å². The van der Waals surface area contributed by atoms with E-state index in [1.807, 2.05) is 21.9 Å². The Kier molecular flexibility index (Phi) is 6.90. The Labute approximate surface area is 166 Å². The zero-order chi connectivity index (χ0) is 19.9. The van der Waals surface area contributed by atoms with Gasteiger partial charge in [-0.3, -0.25) is 9.59 Å². The molecule has 1 aromatic rings. The monoisotopic (exact) mass is 386 g/mol. The second kappa shape index (κ2) is 9.57. The van der Waals surface area contributed by atoms with E-state index in [-0.39, 0.29) is 11.8 Å². The lowest BCUT2D eigenvalue weighted by Crippen LogP contribution is -2.37. The van der Waals surface area contributed by atoms with E-state index in [1.165, 1.54) is 25.7 Å². The summed E-state index contributed by atoms with van der Waals surface area (Å²) in [6.45, 7) is 2.91. The van der Waals surface area contributed by atoms with Crippen LogP contribution in [0.3, 0.4) is 0 Å². The summed E-state index contributed by atoms with van der Waals surface area (Å²) in [6, 6.07) is 6.61. The molecular weight excluding hydrogens is 356 g/mol. The van der Waals surface area contributed by atoms with Gasteiger partial charge in [-0.25, -0.2) is 4.79 Å². The Hall–Kier alpha value is -2.57. The standard InChI is InChI=1S/C21H30N4O3/c22-21(28)23-15-17-6-8-18(9-7-17)20(27)25-11-3-10-24(12-13-25)19(26)14-16-4-1-2-5-16/h6-9,16H,1-5,10-15H2,(H3,22,23,28). The maximum absolute atomic E-state index is 12.8. The largest absolute Gasteiger partial charge is 0.352 e. The van der Waals surface area contributed by atoms with Gasteiger partial charge >= 0.3 is 6.03 Å². The number of primary amides is 1. The number of carbonyl (C=O) groups excluding carboxylic acids is 3. The molecular formula is C21H30N4O3. The van der Waals surface area contributed by atoms with Crippen molar-refractivity contribution < 1.29 is 14.4 Å². The Bertz CT molecular complexity index is 698. The van der Waals surface area contributed by atoms with Crippen molar-refractivity contribution in [3.63, 3.8) is 0 Å². The summed E-state index contributed by atoms with van der Waals surface area (Å²) in [4.78, 5) is 39.9. The number of carbonyl (C=O) groups is 3. The first-order valence-electron chi connectivity index (χ1n) is 10.2. The van der Waals surface area contributed by atoms with Gasteiger partial charge < -0.3 is 20.9 Å². The maximum atomic E-state index is 12.8. The molecule has 1 heterocycles. The van der Waals surface area contributed by atoms with E-state index in [1.54, 1.807) is 12.1 Å². The average molecular weight is 386 g/mol. The molecule has 1 aliphatic carbocycles. The number of hydrogen-bond donors (Lipinski definition) is 2. The molecule has 3 rings (SSSR count). The fourth-order valence-electron chi connectivity index (χ4n) is 4.10. The van der Waals surface area contributed by atoms with Crippen molar-refractivity contribution >= 4 is 17.8 Å². The zero-order valence-electron chi connectivity index (χ0n) is 16.4. The van der Waals surface area contributed by atoms with E-state index in [0.29, 0.717) is 44.1 Å². The second-order valence-corrected chi connectivity index (χ2v) is 7.80. The molecule has 0 bridgehead atoms. The van der Waals surface area contributed by atoms with Crippen LogP contribution in [-0.2, 0) is 11.3 Å². The molecule has 7 nitrogen and oxygen atoms in total. The van der Waals surface area contributed by atoms with Gasteiger partial charge in [0.1, 0.15) is 0 Å². The van der Waals surface area contributed by atoms with Crippen molar-refractivity contribution in [2.24, 2.45) is 11.7 Å². The van der Waals surface area contributed by atoms with Crippen molar-refractivity contribution in [3.05, 3.63) is 35.4 Å². The number of nitrogens with zero attached hydrogens (tertiary/aromatic N) is 2. The summed E-state index contributed by atoms with van der Waals surface area (Å²) in [7, 11) is 0. The molecule has 0 unspecified atom stereocenters. The Morgan fingerprint density at radius 1 is 0.929 bits per heavy atom. The van der Waals surface area contributed by atoms with Crippen LogP contribution >= 0.6 is 0 Å². The fourth-order valence-corrected chi connectivity index (χ4v) is 4.10. The van der Waals surface area contributed by atoms with Crippen LogP contribution in [0.15, 0.2) is 24.3 Å². The van der Waals surface area contributed by atoms with Gasteiger partial charge in [-0.2, -0.15) is 0 Å². The number of rotatable bonds is 5. The van der Waals surface area contributed by atoms with Crippen LogP contribution in [-0.4, -0.2) is 53.8 Å². The normalized spacial score (nSPS) is 18.0. The summed E-state index contributed by atoms with van der Waals surface area (Å²) >= 11 is 0. The van der Waals surface area contributed by atoms with E-state index in [4.69, 9.17) is 5.73 Å². The summed E-state index contributed by atoms with van der Waals surface area (Å²) in [5.74, 6) is 0.781. The molecule has 3 N–H and O–H groups in total. The Balaban J connectivity index is 1.52. The van der Waals surface area contributed by atoms with Gasteiger partial charge in [-0.15, -0.1) is 0 Å². The molecule has 4 amide bonds. The van der Waals surface area contributed by atoms with Crippen molar-refractivity contribution in [2.45, 2.75) is 45.1 Å². The Morgan fingerprint density at radius 3 is 2.25 bits per heavy atom. The second-order valence-electron chi connectivity index (χ2n) is 7.80. The SMILES string of the molecule is NC(=O)NCc1ccc(C(=O)N2CCCN(C(=O)CC3CCCC3)CC2)cc1. The molecule has 0 spiro atoms. The zero-order valence-corrected chi connectivity index (χ0v) is 16.4. The van der Waals surface area contributed by atoms with Crippen LogP contribution in [0.1, 0.15) is 54.4 Å². The average Bonchev–Trinajstić information content (AvgIpc) is 3.07. The van der Waals surface area contributed by atoms with Crippen LogP contribution < -0.4 is 11.1 Å². The predicted molar refractivity (Wildman–Crippen MR) is 107 cm³/mol. The van der Waals surface area contributed by atoms with Crippen molar-refractivity contribution in [2.75, 3.05) is 26.2 Å². The minimum Gasteiger partial charge on any atom is -0.352 e. The molecule has 1 aromatic carbocycles. The molecule has 1 saturated carbocycles. The quantitative estimate of drug-likeness (QED) is 0.811. The highest BCUT2D eigenvalue weighted by Crippen LogP contribution is 2.28. The molecule has 2 aliphatic rings. The first-order valence-corrected chi connectivity index (χ1v) is 10.2. The Morgan fingerprint density at radius 2 is 1.57 bits per heavy atom. The highest BCUT2D eigenvalue weighted by molar-refractivity contribution is 5.94. The molecule has 1 aliphatic heterocycles. The van der Waals surface area contributed by atoms with Crippen molar-refractivity contribution in [3.8, 4) is 0 Å². The molecule has 1 saturated heterocycles. The van der Waals surface area contributed by atoms with Gasteiger partial charge in [-0.1, -0.05) is 25.0 Å². The van der Waals surface area contributed by atoms with Crippen LogP contribution in [0.2, 0.25) is 0 Å². The van der Waals surface area contributed by atoms with Gasteiger partial charge in [0, 0.05) is 44.7 Å². The summed E-state index contributed by atoms with van der Waals surface area (Å²) in [5, 5.41) is 2.53. The molecule has 0 atom stereocenters. The van der Waals surface area contributed by atoms with Crippen LogP contribution in [0.25, 0.3) is 0 Å². The van der Waals surface area contributed by atoms with Crippen LogP contribution in [0.4, 0.5) is 4.79 Å². The molecule has 152 valence electrons. The van der Waals surface area contributed by atoms with E-state index < -0.39 is 6.03 Å². The van der Waals surface area contributed by atoms with Gasteiger partial charge in [-0.05, 0) is 42.9 Å². The van der Waals surface area contributed by atoms with Crippen LogP contribution in [0, 0.1) is 5.92 Å².